The van der Waals surface area contributed by atoms with Crippen LogP contribution in [0.25, 0.3) is 0 Å². The molecule has 0 aromatic rings. The summed E-state index contributed by atoms with van der Waals surface area (Å²) in [6.45, 7) is 23.5. The fraction of sp³-hybridized carbons (Fsp3) is 0.231. The zero-order chi connectivity index (χ0) is 11.5. The average molecular weight is 180 g/mol. The topological polar surface area (TPSA) is 0 Å². The molecule has 0 aliphatic carbocycles. The molecule has 0 heteroatoms. The predicted octanol–water partition coefficient (Wildman–Crippen LogP) is 4.94. The third-order valence-corrected chi connectivity index (χ3v) is 0.455. The quantitative estimate of drug-likeness (QED) is 0.417. The first-order valence-corrected chi connectivity index (χ1v) is 4.16. The van der Waals surface area contributed by atoms with Crippen molar-refractivity contribution in [1.29, 1.82) is 0 Å². The molecule has 0 aliphatic rings. The molecule has 0 nitrogen and oxygen atoms in total. The molecule has 0 atom stereocenters. The molecule has 0 heterocycles. The monoisotopic (exact) mass is 180 g/mol. The lowest BCUT2D eigenvalue weighted by Gasteiger charge is -1.57. The maximum Gasteiger partial charge on any atom is -0.0382 e. The van der Waals surface area contributed by atoms with Crippen molar-refractivity contribution < 1.29 is 0 Å². The molecule has 0 saturated heterocycles. The molecular weight excluding hydrogens is 156 g/mol. The highest BCUT2D eigenvalue weighted by Gasteiger charge is 1.45. The Labute approximate surface area is 84.7 Å². The zero-order valence-corrected chi connectivity index (χ0v) is 9.26. The molecule has 13 heavy (non-hydrogen) atoms. The highest BCUT2D eigenvalue weighted by molar-refractivity contribution is 4.88. The van der Waals surface area contributed by atoms with E-state index in [0.717, 1.165) is 6.42 Å². The van der Waals surface area contributed by atoms with Crippen LogP contribution >= 0.6 is 0 Å². The van der Waals surface area contributed by atoms with E-state index in [2.05, 4.69) is 46.4 Å². The van der Waals surface area contributed by atoms with Gasteiger partial charge in [0, 0.05) is 0 Å². The van der Waals surface area contributed by atoms with Crippen LogP contribution in [-0.2, 0) is 0 Å². The van der Waals surface area contributed by atoms with Crippen molar-refractivity contribution in [3.05, 3.63) is 63.8 Å². The Balaban J connectivity index is -0.0000000431. The molecule has 0 saturated carbocycles. The molecule has 0 rings (SSSR count). The van der Waals surface area contributed by atoms with E-state index >= 15 is 0 Å². The molecule has 0 fully saturated rings. The molecule has 0 unspecified atom stereocenters. The van der Waals surface area contributed by atoms with Crippen molar-refractivity contribution in [1.82, 2.24) is 0 Å². The molecule has 76 valence electrons. The summed E-state index contributed by atoms with van der Waals surface area (Å²) in [7, 11) is 0. The molecule has 0 aliphatic heterocycles. The smallest absolute Gasteiger partial charge is 0.0382 e. The van der Waals surface area contributed by atoms with E-state index in [1.165, 1.54) is 0 Å². The van der Waals surface area contributed by atoms with Crippen LogP contribution in [0.15, 0.2) is 63.8 Å². The van der Waals surface area contributed by atoms with E-state index in [0.29, 0.717) is 0 Å². The van der Waals surface area contributed by atoms with Crippen LogP contribution in [0.2, 0.25) is 0 Å². The van der Waals surface area contributed by atoms with Crippen molar-refractivity contribution in [3.8, 4) is 0 Å². The van der Waals surface area contributed by atoms with Crippen LogP contribution in [0.3, 0.4) is 0 Å². The summed E-state index contributed by atoms with van der Waals surface area (Å²) >= 11 is 0. The van der Waals surface area contributed by atoms with Crippen LogP contribution < -0.4 is 0 Å². The Morgan fingerprint density at radius 3 is 1.08 bits per heavy atom. The van der Waals surface area contributed by atoms with Crippen LogP contribution in [0, 0.1) is 0 Å². The average Bonchev–Trinajstić information content (AvgIpc) is 2.22. The molecule has 0 aromatic carbocycles. The fourth-order valence-corrected chi connectivity index (χ4v) is 0. The molecule has 0 spiro atoms. The summed E-state index contributed by atoms with van der Waals surface area (Å²) in [5, 5.41) is 0. The summed E-state index contributed by atoms with van der Waals surface area (Å²) in [5.41, 5.74) is 0. The van der Waals surface area contributed by atoms with Gasteiger partial charge >= 0.3 is 0 Å². The van der Waals surface area contributed by atoms with Crippen molar-refractivity contribution in [3.63, 3.8) is 0 Å². The van der Waals surface area contributed by atoms with Gasteiger partial charge in [-0.25, -0.2) is 0 Å². The molecule has 0 aromatic heterocycles. The number of allylic oxidation sites excluding steroid dienone is 4. The largest absolute Gasteiger partial charge is 0.106 e. The number of hydrogen-bond donors (Lipinski definition) is 0. The predicted molar refractivity (Wildman–Crippen MR) is 68.0 cm³/mol. The maximum absolute atomic E-state index is 3.48. The van der Waals surface area contributed by atoms with E-state index in [9.17, 15) is 0 Å². The third-order valence-electron chi connectivity index (χ3n) is 0.455. The van der Waals surface area contributed by atoms with Crippen molar-refractivity contribution in [2.24, 2.45) is 0 Å². The standard InChI is InChI=1S/C4H8.C4H6.C3H6.C2H4/c2*1-3-4-2;1-3-2;1-2/h3H,1,4H2,2H3;3-4H,1-2H2;3H,1H2,2H3;1-2H2. The minimum atomic E-state index is 1.08. The zero-order valence-electron chi connectivity index (χ0n) is 9.26. The van der Waals surface area contributed by atoms with Gasteiger partial charge in [0.1, 0.15) is 0 Å². The molecule has 0 amide bonds. The van der Waals surface area contributed by atoms with Gasteiger partial charge in [0.15, 0.2) is 0 Å². The Morgan fingerprint density at radius 1 is 0.923 bits per heavy atom. The van der Waals surface area contributed by atoms with E-state index in [4.69, 9.17) is 0 Å². The lowest BCUT2D eigenvalue weighted by atomic mass is 10.5. The second kappa shape index (κ2) is 73.5. The van der Waals surface area contributed by atoms with Crippen LogP contribution in [0.1, 0.15) is 20.3 Å². The highest BCUT2D eigenvalue weighted by Crippen LogP contribution is 1.66. The van der Waals surface area contributed by atoms with Crippen molar-refractivity contribution in [2.75, 3.05) is 0 Å². The van der Waals surface area contributed by atoms with Crippen molar-refractivity contribution >= 4 is 0 Å². The fourth-order valence-electron chi connectivity index (χ4n) is 0. The minimum absolute atomic E-state index is 1.08. The van der Waals surface area contributed by atoms with Gasteiger partial charge in [-0.1, -0.05) is 44.4 Å². The lowest BCUT2D eigenvalue weighted by Crippen LogP contribution is -1.36. The van der Waals surface area contributed by atoms with Gasteiger partial charge in [-0.05, 0) is 13.3 Å². The van der Waals surface area contributed by atoms with Gasteiger partial charge in [0.05, 0.1) is 0 Å². The van der Waals surface area contributed by atoms with Crippen LogP contribution in [0.5, 0.6) is 0 Å². The van der Waals surface area contributed by atoms with Gasteiger partial charge in [0.25, 0.3) is 0 Å². The van der Waals surface area contributed by atoms with Gasteiger partial charge in [0.2, 0.25) is 0 Å². The van der Waals surface area contributed by atoms with Gasteiger partial charge < -0.3 is 0 Å². The summed E-state index contributed by atoms with van der Waals surface area (Å²) in [6.07, 6.45) is 7.99. The molecular formula is C13H24. The summed E-state index contributed by atoms with van der Waals surface area (Å²) in [6, 6.07) is 0. The van der Waals surface area contributed by atoms with Gasteiger partial charge in [-0.3, -0.25) is 0 Å². The van der Waals surface area contributed by atoms with E-state index in [1.54, 1.807) is 18.2 Å². The molecule has 0 bridgehead atoms. The Kier molecular flexibility index (Phi) is 128. The SMILES string of the molecule is C=C.C=CC.C=CC=C.C=CCC. The Hall–Kier alpha value is -1.30. The van der Waals surface area contributed by atoms with Gasteiger partial charge in [-0.15, -0.1) is 26.3 Å². The Morgan fingerprint density at radius 2 is 1.08 bits per heavy atom. The number of hydrogen-bond acceptors (Lipinski definition) is 0. The second-order valence-corrected chi connectivity index (χ2v) is 1.58. The van der Waals surface area contributed by atoms with Crippen molar-refractivity contribution in [2.45, 2.75) is 20.3 Å². The lowest BCUT2D eigenvalue weighted by molar-refractivity contribution is 1.23. The van der Waals surface area contributed by atoms with E-state index in [-0.39, 0.29) is 0 Å². The van der Waals surface area contributed by atoms with E-state index < -0.39 is 0 Å². The second-order valence-electron chi connectivity index (χ2n) is 1.58. The maximum atomic E-state index is 3.48. The summed E-state index contributed by atoms with van der Waals surface area (Å²) in [5.74, 6) is 0. The minimum Gasteiger partial charge on any atom is -0.106 e. The first-order chi connectivity index (χ1) is 6.24. The first kappa shape index (κ1) is 22.6. The third kappa shape index (κ3) is 1650. The molecule has 0 radical (unpaired) electrons. The Bertz CT molecular complexity index is 92.6. The first-order valence-electron chi connectivity index (χ1n) is 4.16. The van der Waals surface area contributed by atoms with Gasteiger partial charge in [-0.2, -0.15) is 0 Å². The normalized spacial score (nSPS) is 4.77. The van der Waals surface area contributed by atoms with E-state index in [1.807, 2.05) is 13.0 Å². The molecule has 0 N–H and O–H groups in total. The summed E-state index contributed by atoms with van der Waals surface area (Å²) < 4.78 is 0. The summed E-state index contributed by atoms with van der Waals surface area (Å²) in [4.78, 5) is 0. The van der Waals surface area contributed by atoms with Crippen LogP contribution in [0.4, 0.5) is 0 Å². The van der Waals surface area contributed by atoms with Crippen LogP contribution in [-0.4, -0.2) is 0 Å². The number of rotatable bonds is 2. The highest BCUT2D eigenvalue weighted by atomic mass is 13.5.